The predicted molar refractivity (Wildman–Crippen MR) is 64.8 cm³/mol. The van der Waals surface area contributed by atoms with Crippen LogP contribution in [0.15, 0.2) is 67.8 Å². The maximum absolute atomic E-state index is 9.56. The Morgan fingerprint density at radius 3 is 1.87 bits per heavy atom. The van der Waals surface area contributed by atoms with Gasteiger partial charge in [-0.05, 0) is 11.6 Å². The highest BCUT2D eigenvalue weighted by Crippen LogP contribution is 2.27. The minimum Gasteiger partial charge on any atom is -0.507 e. The number of aromatic hydroxyl groups is 1. The molecule has 0 unspecified atom stereocenters. The number of hydrogen-bond donors (Lipinski definition) is 1. The quantitative estimate of drug-likeness (QED) is 0.690. The largest absolute Gasteiger partial charge is 0.507 e. The standard InChI is InChI=1S/C12H10O.C2H4/c13-12-9-5-4-8-11(12)10-6-2-1-3-7-10;1-2/h1-9,13H;1-2H2. The molecule has 0 bridgehead atoms. The van der Waals surface area contributed by atoms with Gasteiger partial charge in [0, 0.05) is 5.56 Å². The summed E-state index contributed by atoms with van der Waals surface area (Å²) in [6.45, 7) is 6.00. The van der Waals surface area contributed by atoms with Crippen LogP contribution in [-0.4, -0.2) is 5.11 Å². The van der Waals surface area contributed by atoms with Crippen LogP contribution >= 0.6 is 0 Å². The van der Waals surface area contributed by atoms with Crippen molar-refractivity contribution >= 4 is 0 Å². The van der Waals surface area contributed by atoms with Gasteiger partial charge in [0.2, 0.25) is 0 Å². The van der Waals surface area contributed by atoms with Gasteiger partial charge >= 0.3 is 0 Å². The van der Waals surface area contributed by atoms with Gasteiger partial charge in [0.25, 0.3) is 0 Å². The molecule has 2 aromatic carbocycles. The van der Waals surface area contributed by atoms with Crippen LogP contribution in [-0.2, 0) is 0 Å². The van der Waals surface area contributed by atoms with E-state index in [1.165, 1.54) is 0 Å². The Labute approximate surface area is 90.3 Å². The molecule has 0 radical (unpaired) electrons. The van der Waals surface area contributed by atoms with Crippen LogP contribution < -0.4 is 0 Å². The molecule has 0 aromatic heterocycles. The van der Waals surface area contributed by atoms with Crippen molar-refractivity contribution in [2.75, 3.05) is 0 Å². The van der Waals surface area contributed by atoms with Gasteiger partial charge in [-0.2, -0.15) is 0 Å². The number of hydrogen-bond acceptors (Lipinski definition) is 1. The summed E-state index contributed by atoms with van der Waals surface area (Å²) in [6, 6.07) is 17.2. The lowest BCUT2D eigenvalue weighted by molar-refractivity contribution is 0.477. The summed E-state index contributed by atoms with van der Waals surface area (Å²) in [6.07, 6.45) is 0. The first-order valence-electron chi connectivity index (χ1n) is 4.71. The highest BCUT2D eigenvalue weighted by Gasteiger charge is 2.00. The van der Waals surface area contributed by atoms with Gasteiger partial charge in [-0.15, -0.1) is 13.2 Å². The van der Waals surface area contributed by atoms with Crippen molar-refractivity contribution in [3.05, 3.63) is 67.8 Å². The van der Waals surface area contributed by atoms with Gasteiger partial charge in [0.05, 0.1) is 0 Å². The molecule has 2 rings (SSSR count). The van der Waals surface area contributed by atoms with Gasteiger partial charge in [-0.3, -0.25) is 0 Å². The molecule has 0 spiro atoms. The minimum atomic E-state index is 0.328. The topological polar surface area (TPSA) is 20.2 Å². The smallest absolute Gasteiger partial charge is 0.123 e. The van der Waals surface area contributed by atoms with Gasteiger partial charge < -0.3 is 5.11 Å². The Bertz CT molecular complexity index is 407. The van der Waals surface area contributed by atoms with Crippen molar-refractivity contribution in [3.63, 3.8) is 0 Å². The fourth-order valence-corrected chi connectivity index (χ4v) is 1.34. The Morgan fingerprint density at radius 2 is 1.27 bits per heavy atom. The monoisotopic (exact) mass is 198 g/mol. The first-order chi connectivity index (χ1) is 7.38. The minimum absolute atomic E-state index is 0.328. The van der Waals surface area contributed by atoms with Crippen LogP contribution in [0.4, 0.5) is 0 Å². The van der Waals surface area contributed by atoms with Crippen LogP contribution in [0.2, 0.25) is 0 Å². The molecule has 0 atom stereocenters. The SMILES string of the molecule is C=C.Oc1ccccc1-c1ccccc1. The van der Waals surface area contributed by atoms with Crippen molar-refractivity contribution in [2.45, 2.75) is 0 Å². The Balaban J connectivity index is 0.000000531. The summed E-state index contributed by atoms with van der Waals surface area (Å²) in [7, 11) is 0. The van der Waals surface area contributed by atoms with Gasteiger partial charge in [-0.1, -0.05) is 48.5 Å². The van der Waals surface area contributed by atoms with E-state index < -0.39 is 0 Å². The van der Waals surface area contributed by atoms with E-state index >= 15 is 0 Å². The van der Waals surface area contributed by atoms with E-state index in [-0.39, 0.29) is 0 Å². The summed E-state index contributed by atoms with van der Waals surface area (Å²) >= 11 is 0. The Morgan fingerprint density at radius 1 is 0.733 bits per heavy atom. The molecule has 76 valence electrons. The second-order valence-corrected chi connectivity index (χ2v) is 2.88. The molecule has 0 amide bonds. The highest BCUT2D eigenvalue weighted by atomic mass is 16.3. The van der Waals surface area contributed by atoms with Crippen molar-refractivity contribution in [3.8, 4) is 16.9 Å². The fourth-order valence-electron chi connectivity index (χ4n) is 1.34. The van der Waals surface area contributed by atoms with E-state index in [2.05, 4.69) is 13.2 Å². The maximum atomic E-state index is 9.56. The van der Waals surface area contributed by atoms with E-state index in [1.807, 2.05) is 48.5 Å². The third-order valence-electron chi connectivity index (χ3n) is 1.99. The summed E-state index contributed by atoms with van der Waals surface area (Å²) in [5.74, 6) is 0.328. The number of phenolic OH excluding ortho intramolecular Hbond substituents is 1. The van der Waals surface area contributed by atoms with Crippen LogP contribution in [0.25, 0.3) is 11.1 Å². The van der Waals surface area contributed by atoms with Gasteiger partial charge in [0.15, 0.2) is 0 Å². The Hall–Kier alpha value is -2.02. The summed E-state index contributed by atoms with van der Waals surface area (Å²) < 4.78 is 0. The number of phenols is 1. The molecule has 0 aliphatic carbocycles. The first-order valence-corrected chi connectivity index (χ1v) is 4.71. The fraction of sp³-hybridized carbons (Fsp3) is 0. The summed E-state index contributed by atoms with van der Waals surface area (Å²) in [5.41, 5.74) is 1.92. The molecular formula is C14H14O. The molecule has 0 saturated heterocycles. The molecule has 0 fully saturated rings. The zero-order chi connectivity index (χ0) is 11.1. The predicted octanol–water partition coefficient (Wildman–Crippen LogP) is 3.86. The van der Waals surface area contributed by atoms with Crippen molar-refractivity contribution in [2.24, 2.45) is 0 Å². The number of para-hydroxylation sites is 1. The summed E-state index contributed by atoms with van der Waals surface area (Å²) in [4.78, 5) is 0. The zero-order valence-corrected chi connectivity index (χ0v) is 8.56. The molecule has 1 nitrogen and oxygen atoms in total. The van der Waals surface area contributed by atoms with Crippen LogP contribution in [0.5, 0.6) is 5.75 Å². The second-order valence-electron chi connectivity index (χ2n) is 2.88. The average molecular weight is 198 g/mol. The number of benzene rings is 2. The summed E-state index contributed by atoms with van der Waals surface area (Å²) in [5, 5.41) is 9.56. The zero-order valence-electron chi connectivity index (χ0n) is 8.56. The van der Waals surface area contributed by atoms with E-state index in [4.69, 9.17) is 0 Å². The molecule has 1 N–H and O–H groups in total. The highest BCUT2D eigenvalue weighted by molar-refractivity contribution is 5.69. The third kappa shape index (κ3) is 2.71. The Kier molecular flexibility index (Phi) is 4.17. The van der Waals surface area contributed by atoms with E-state index in [9.17, 15) is 5.11 Å². The first kappa shape index (κ1) is 11.1. The lowest BCUT2D eigenvalue weighted by Gasteiger charge is -2.02. The van der Waals surface area contributed by atoms with Crippen molar-refractivity contribution in [1.82, 2.24) is 0 Å². The molecule has 0 aliphatic heterocycles. The third-order valence-corrected chi connectivity index (χ3v) is 1.99. The van der Waals surface area contributed by atoms with Crippen LogP contribution in [0.1, 0.15) is 0 Å². The molecular weight excluding hydrogens is 184 g/mol. The molecule has 1 heteroatoms. The average Bonchev–Trinajstić information content (AvgIpc) is 2.33. The van der Waals surface area contributed by atoms with E-state index in [1.54, 1.807) is 6.07 Å². The molecule has 0 heterocycles. The molecule has 2 aromatic rings. The van der Waals surface area contributed by atoms with Crippen molar-refractivity contribution < 1.29 is 5.11 Å². The van der Waals surface area contributed by atoms with Crippen molar-refractivity contribution in [1.29, 1.82) is 0 Å². The van der Waals surface area contributed by atoms with Gasteiger partial charge in [-0.25, -0.2) is 0 Å². The lowest BCUT2D eigenvalue weighted by atomic mass is 10.1. The number of rotatable bonds is 1. The molecule has 15 heavy (non-hydrogen) atoms. The van der Waals surface area contributed by atoms with Gasteiger partial charge in [0.1, 0.15) is 5.75 Å². The second kappa shape index (κ2) is 5.66. The lowest BCUT2D eigenvalue weighted by Crippen LogP contribution is -1.76. The maximum Gasteiger partial charge on any atom is 0.123 e. The molecule has 0 saturated carbocycles. The van der Waals surface area contributed by atoms with Crippen LogP contribution in [0.3, 0.4) is 0 Å². The van der Waals surface area contributed by atoms with E-state index in [0.717, 1.165) is 11.1 Å². The van der Waals surface area contributed by atoms with Crippen LogP contribution in [0, 0.1) is 0 Å². The normalized spacial score (nSPS) is 8.80. The van der Waals surface area contributed by atoms with E-state index in [0.29, 0.717) is 5.75 Å². The molecule has 0 aliphatic rings.